The third-order valence-corrected chi connectivity index (χ3v) is 4.30. The summed E-state index contributed by atoms with van der Waals surface area (Å²) in [5.41, 5.74) is 3.44. The SMILES string of the molecule is CCN(CC(O)c1ccc(C)cc1)C(=O)c1c(C)oc(C)c1C. The van der Waals surface area contributed by atoms with Gasteiger partial charge in [-0.2, -0.15) is 0 Å². The Morgan fingerprint density at radius 1 is 1.13 bits per heavy atom. The number of benzene rings is 1. The van der Waals surface area contributed by atoms with Gasteiger partial charge in [0.05, 0.1) is 18.2 Å². The lowest BCUT2D eigenvalue weighted by molar-refractivity contribution is 0.0632. The van der Waals surface area contributed by atoms with Crippen LogP contribution in [-0.2, 0) is 0 Å². The molecule has 0 aliphatic carbocycles. The molecule has 1 aromatic heterocycles. The number of aliphatic hydroxyl groups excluding tert-OH is 1. The average molecular weight is 315 g/mol. The molecule has 0 fully saturated rings. The molecule has 0 radical (unpaired) electrons. The van der Waals surface area contributed by atoms with Crippen molar-refractivity contribution < 1.29 is 14.3 Å². The normalized spacial score (nSPS) is 12.3. The van der Waals surface area contributed by atoms with Crippen LogP contribution in [0.25, 0.3) is 0 Å². The van der Waals surface area contributed by atoms with Gasteiger partial charge in [0.1, 0.15) is 11.5 Å². The van der Waals surface area contributed by atoms with Crippen LogP contribution in [0.1, 0.15) is 51.6 Å². The minimum Gasteiger partial charge on any atom is -0.466 e. The van der Waals surface area contributed by atoms with Crippen LogP contribution in [0.15, 0.2) is 28.7 Å². The molecule has 0 spiro atoms. The van der Waals surface area contributed by atoms with Gasteiger partial charge in [-0.25, -0.2) is 0 Å². The van der Waals surface area contributed by atoms with E-state index < -0.39 is 6.10 Å². The van der Waals surface area contributed by atoms with Crippen molar-refractivity contribution in [2.45, 2.75) is 40.7 Å². The number of aryl methyl sites for hydroxylation is 3. The molecule has 0 saturated heterocycles. The molecule has 1 aromatic carbocycles. The Bertz CT molecular complexity index is 685. The molecule has 1 atom stereocenters. The number of hydrogen-bond acceptors (Lipinski definition) is 3. The standard InChI is InChI=1S/C19H25NO3/c1-6-20(11-17(21)16-9-7-12(2)8-10-16)19(22)18-13(3)14(4)23-15(18)5/h7-10,17,21H,6,11H2,1-5H3. The van der Waals surface area contributed by atoms with E-state index in [1.54, 1.807) is 11.8 Å². The lowest BCUT2D eigenvalue weighted by Crippen LogP contribution is -2.35. The molecule has 0 bridgehead atoms. The number of furan rings is 1. The molecular weight excluding hydrogens is 290 g/mol. The number of aliphatic hydroxyl groups is 1. The molecule has 0 saturated carbocycles. The molecule has 1 heterocycles. The van der Waals surface area contributed by atoms with E-state index in [0.717, 1.165) is 22.5 Å². The fraction of sp³-hybridized carbons (Fsp3) is 0.421. The van der Waals surface area contributed by atoms with Crippen LogP contribution in [0.5, 0.6) is 0 Å². The predicted molar refractivity (Wildman–Crippen MR) is 90.6 cm³/mol. The maximum absolute atomic E-state index is 12.8. The van der Waals surface area contributed by atoms with Gasteiger partial charge in [-0.15, -0.1) is 0 Å². The molecule has 0 aliphatic heterocycles. The van der Waals surface area contributed by atoms with Crippen molar-refractivity contribution in [3.05, 3.63) is 58.0 Å². The maximum Gasteiger partial charge on any atom is 0.257 e. The van der Waals surface area contributed by atoms with Crippen LogP contribution >= 0.6 is 0 Å². The Hall–Kier alpha value is -2.07. The first-order valence-corrected chi connectivity index (χ1v) is 7.95. The number of nitrogens with zero attached hydrogens (tertiary/aromatic N) is 1. The molecule has 2 rings (SSSR count). The summed E-state index contributed by atoms with van der Waals surface area (Å²) >= 11 is 0. The highest BCUT2D eigenvalue weighted by molar-refractivity contribution is 5.96. The second kappa shape index (κ2) is 7.01. The largest absolute Gasteiger partial charge is 0.466 e. The molecule has 23 heavy (non-hydrogen) atoms. The summed E-state index contributed by atoms with van der Waals surface area (Å²) in [5.74, 6) is 1.31. The number of amides is 1. The Morgan fingerprint density at radius 2 is 1.74 bits per heavy atom. The van der Waals surface area contributed by atoms with E-state index in [1.165, 1.54) is 0 Å². The van der Waals surface area contributed by atoms with Crippen molar-refractivity contribution in [1.82, 2.24) is 4.90 Å². The molecule has 2 aromatic rings. The van der Waals surface area contributed by atoms with Crippen LogP contribution in [0, 0.1) is 27.7 Å². The van der Waals surface area contributed by atoms with E-state index in [2.05, 4.69) is 0 Å². The smallest absolute Gasteiger partial charge is 0.257 e. The fourth-order valence-corrected chi connectivity index (χ4v) is 2.72. The minimum absolute atomic E-state index is 0.0921. The highest BCUT2D eigenvalue weighted by Crippen LogP contribution is 2.23. The Balaban J connectivity index is 2.19. The summed E-state index contributed by atoms with van der Waals surface area (Å²) in [7, 11) is 0. The number of carbonyl (C=O) groups excluding carboxylic acids is 1. The van der Waals surface area contributed by atoms with Gasteiger partial charge >= 0.3 is 0 Å². The minimum atomic E-state index is -0.701. The van der Waals surface area contributed by atoms with Crippen molar-refractivity contribution in [1.29, 1.82) is 0 Å². The summed E-state index contributed by atoms with van der Waals surface area (Å²) in [6.07, 6.45) is -0.701. The molecule has 4 nitrogen and oxygen atoms in total. The molecule has 1 unspecified atom stereocenters. The lowest BCUT2D eigenvalue weighted by atomic mass is 10.1. The van der Waals surface area contributed by atoms with Crippen molar-refractivity contribution in [2.75, 3.05) is 13.1 Å². The van der Waals surface area contributed by atoms with E-state index in [0.29, 0.717) is 17.9 Å². The predicted octanol–water partition coefficient (Wildman–Crippen LogP) is 3.71. The fourth-order valence-electron chi connectivity index (χ4n) is 2.72. The van der Waals surface area contributed by atoms with Crippen LogP contribution in [0.3, 0.4) is 0 Å². The van der Waals surface area contributed by atoms with Gasteiger partial charge in [0.2, 0.25) is 0 Å². The van der Waals surface area contributed by atoms with Crippen molar-refractivity contribution in [3.8, 4) is 0 Å². The first kappa shape index (κ1) is 17.3. The molecular formula is C19H25NO3. The zero-order valence-electron chi connectivity index (χ0n) is 14.5. The van der Waals surface area contributed by atoms with Crippen LogP contribution in [0.4, 0.5) is 0 Å². The van der Waals surface area contributed by atoms with Gasteiger partial charge in [0, 0.05) is 12.1 Å². The van der Waals surface area contributed by atoms with Crippen molar-refractivity contribution in [3.63, 3.8) is 0 Å². The summed E-state index contributed by atoms with van der Waals surface area (Å²) in [6.45, 7) is 10.3. The number of likely N-dealkylation sites (N-methyl/N-ethyl adjacent to an activating group) is 1. The van der Waals surface area contributed by atoms with E-state index >= 15 is 0 Å². The van der Waals surface area contributed by atoms with Gasteiger partial charge in [0.15, 0.2) is 0 Å². The first-order valence-electron chi connectivity index (χ1n) is 7.95. The number of rotatable bonds is 5. The molecule has 124 valence electrons. The topological polar surface area (TPSA) is 53.7 Å². The van der Waals surface area contributed by atoms with E-state index in [4.69, 9.17) is 4.42 Å². The third kappa shape index (κ3) is 3.64. The Morgan fingerprint density at radius 3 is 2.22 bits per heavy atom. The molecule has 1 N–H and O–H groups in total. The zero-order chi connectivity index (χ0) is 17.1. The van der Waals surface area contributed by atoms with E-state index in [9.17, 15) is 9.90 Å². The zero-order valence-corrected chi connectivity index (χ0v) is 14.5. The first-order chi connectivity index (χ1) is 10.8. The van der Waals surface area contributed by atoms with Gasteiger partial charge in [-0.1, -0.05) is 29.8 Å². The second-order valence-corrected chi connectivity index (χ2v) is 5.98. The second-order valence-electron chi connectivity index (χ2n) is 5.98. The van der Waals surface area contributed by atoms with Gasteiger partial charge in [-0.3, -0.25) is 4.79 Å². The Labute approximate surface area is 137 Å². The third-order valence-electron chi connectivity index (χ3n) is 4.30. The maximum atomic E-state index is 12.8. The quantitative estimate of drug-likeness (QED) is 0.915. The Kier molecular flexibility index (Phi) is 5.26. The van der Waals surface area contributed by atoms with Gasteiger partial charge in [0.25, 0.3) is 5.91 Å². The highest BCUT2D eigenvalue weighted by Gasteiger charge is 2.24. The summed E-state index contributed by atoms with van der Waals surface area (Å²) in [6, 6.07) is 7.72. The summed E-state index contributed by atoms with van der Waals surface area (Å²) in [4.78, 5) is 14.5. The lowest BCUT2D eigenvalue weighted by Gasteiger charge is -2.24. The van der Waals surface area contributed by atoms with E-state index in [1.807, 2.05) is 52.0 Å². The number of hydrogen-bond donors (Lipinski definition) is 1. The van der Waals surface area contributed by atoms with Gasteiger partial charge < -0.3 is 14.4 Å². The monoisotopic (exact) mass is 315 g/mol. The molecule has 0 aliphatic rings. The van der Waals surface area contributed by atoms with Crippen molar-refractivity contribution >= 4 is 5.91 Å². The van der Waals surface area contributed by atoms with Crippen LogP contribution in [-0.4, -0.2) is 29.0 Å². The highest BCUT2D eigenvalue weighted by atomic mass is 16.3. The van der Waals surface area contributed by atoms with Crippen LogP contribution < -0.4 is 0 Å². The molecule has 4 heteroatoms. The van der Waals surface area contributed by atoms with Crippen LogP contribution in [0.2, 0.25) is 0 Å². The summed E-state index contributed by atoms with van der Waals surface area (Å²) < 4.78 is 5.55. The average Bonchev–Trinajstić information content (AvgIpc) is 2.77. The van der Waals surface area contributed by atoms with Crippen molar-refractivity contribution in [2.24, 2.45) is 0 Å². The van der Waals surface area contributed by atoms with E-state index in [-0.39, 0.29) is 12.5 Å². The molecule has 1 amide bonds. The van der Waals surface area contributed by atoms with Gasteiger partial charge in [-0.05, 0) is 40.2 Å². The number of carbonyl (C=O) groups is 1. The summed E-state index contributed by atoms with van der Waals surface area (Å²) in [5, 5.41) is 10.4.